The molecule has 0 spiro atoms. The van der Waals surface area contributed by atoms with Gasteiger partial charge in [-0.05, 0) is 6.92 Å². The van der Waals surface area contributed by atoms with E-state index in [1.807, 2.05) is 11.8 Å². The normalized spacial score (nSPS) is 24.0. The standard InChI is InChI=1S/C10H14N4O4/c1-7-4-13(5-9(6-15)18-7)10-11-2-8(3-12-10)14(16)17/h2-3,7,9,15H,4-6H2,1H3. The Morgan fingerprint density at radius 3 is 2.78 bits per heavy atom. The lowest BCUT2D eigenvalue weighted by molar-refractivity contribution is -0.385. The maximum absolute atomic E-state index is 10.5. The summed E-state index contributed by atoms with van der Waals surface area (Å²) in [4.78, 5) is 19.7. The molecular formula is C10H14N4O4. The van der Waals surface area contributed by atoms with E-state index >= 15 is 0 Å². The third-order valence-electron chi connectivity index (χ3n) is 2.65. The molecule has 1 aliphatic heterocycles. The highest BCUT2D eigenvalue weighted by molar-refractivity contribution is 5.34. The number of morpholine rings is 1. The van der Waals surface area contributed by atoms with Crippen LogP contribution in [0.2, 0.25) is 0 Å². The van der Waals surface area contributed by atoms with Gasteiger partial charge in [-0.3, -0.25) is 10.1 Å². The van der Waals surface area contributed by atoms with Crippen molar-refractivity contribution in [3.05, 3.63) is 22.5 Å². The first-order valence-corrected chi connectivity index (χ1v) is 5.58. The summed E-state index contributed by atoms with van der Waals surface area (Å²) in [5.74, 6) is 0.411. The molecular weight excluding hydrogens is 240 g/mol. The molecule has 2 rings (SSSR count). The quantitative estimate of drug-likeness (QED) is 0.597. The fraction of sp³-hybridized carbons (Fsp3) is 0.600. The van der Waals surface area contributed by atoms with Crippen molar-refractivity contribution in [3.8, 4) is 0 Å². The molecule has 1 aliphatic rings. The molecule has 8 nitrogen and oxygen atoms in total. The van der Waals surface area contributed by atoms with Gasteiger partial charge in [-0.25, -0.2) is 9.97 Å². The first-order chi connectivity index (χ1) is 8.60. The molecule has 2 unspecified atom stereocenters. The molecule has 1 fully saturated rings. The molecule has 1 aromatic heterocycles. The van der Waals surface area contributed by atoms with Crippen LogP contribution in [0.3, 0.4) is 0 Å². The highest BCUT2D eigenvalue weighted by Crippen LogP contribution is 2.17. The van der Waals surface area contributed by atoms with Gasteiger partial charge in [-0.1, -0.05) is 0 Å². The monoisotopic (exact) mass is 254 g/mol. The van der Waals surface area contributed by atoms with E-state index in [-0.39, 0.29) is 24.5 Å². The van der Waals surface area contributed by atoms with Crippen LogP contribution in [-0.4, -0.2) is 51.9 Å². The van der Waals surface area contributed by atoms with E-state index < -0.39 is 4.92 Å². The van der Waals surface area contributed by atoms with Gasteiger partial charge in [0.15, 0.2) is 0 Å². The predicted molar refractivity (Wildman–Crippen MR) is 62.3 cm³/mol. The van der Waals surface area contributed by atoms with Gasteiger partial charge in [0.1, 0.15) is 12.4 Å². The molecule has 0 saturated carbocycles. The second-order valence-electron chi connectivity index (χ2n) is 4.15. The highest BCUT2D eigenvalue weighted by atomic mass is 16.6. The molecule has 18 heavy (non-hydrogen) atoms. The molecule has 2 atom stereocenters. The number of nitro groups is 1. The summed E-state index contributed by atoms with van der Waals surface area (Å²) < 4.78 is 5.49. The van der Waals surface area contributed by atoms with E-state index in [4.69, 9.17) is 9.84 Å². The van der Waals surface area contributed by atoms with E-state index in [1.54, 1.807) is 0 Å². The maximum Gasteiger partial charge on any atom is 0.305 e. The maximum atomic E-state index is 10.5. The van der Waals surface area contributed by atoms with Gasteiger partial charge in [0.05, 0.1) is 23.7 Å². The summed E-state index contributed by atoms with van der Waals surface area (Å²) in [6.07, 6.45) is 2.02. The average Bonchev–Trinajstić information content (AvgIpc) is 2.38. The van der Waals surface area contributed by atoms with Crippen LogP contribution < -0.4 is 4.90 Å². The topological polar surface area (TPSA) is 102 Å². The van der Waals surface area contributed by atoms with Crippen molar-refractivity contribution < 1.29 is 14.8 Å². The molecule has 98 valence electrons. The lowest BCUT2D eigenvalue weighted by Crippen LogP contribution is -2.48. The first-order valence-electron chi connectivity index (χ1n) is 5.58. The van der Waals surface area contributed by atoms with Crippen LogP contribution in [0.5, 0.6) is 0 Å². The van der Waals surface area contributed by atoms with Crippen LogP contribution in [0.4, 0.5) is 11.6 Å². The van der Waals surface area contributed by atoms with E-state index in [1.165, 1.54) is 12.4 Å². The number of ether oxygens (including phenoxy) is 1. The zero-order valence-electron chi connectivity index (χ0n) is 9.89. The minimum absolute atomic E-state index is 0.0466. The Balaban J connectivity index is 2.12. The second-order valence-corrected chi connectivity index (χ2v) is 4.15. The Bertz CT molecular complexity index is 424. The van der Waals surface area contributed by atoms with Crippen LogP contribution >= 0.6 is 0 Å². The molecule has 0 aromatic carbocycles. The zero-order valence-corrected chi connectivity index (χ0v) is 9.89. The zero-order chi connectivity index (χ0) is 13.1. The molecule has 0 aliphatic carbocycles. The molecule has 1 saturated heterocycles. The van der Waals surface area contributed by atoms with Gasteiger partial charge in [0, 0.05) is 13.1 Å². The molecule has 1 aromatic rings. The number of hydrogen-bond donors (Lipinski definition) is 1. The Morgan fingerprint density at radius 2 is 2.22 bits per heavy atom. The van der Waals surface area contributed by atoms with Crippen LogP contribution in [0.25, 0.3) is 0 Å². The van der Waals surface area contributed by atoms with Crippen LogP contribution in [-0.2, 0) is 4.74 Å². The van der Waals surface area contributed by atoms with Crippen molar-refractivity contribution in [2.45, 2.75) is 19.1 Å². The minimum Gasteiger partial charge on any atom is -0.394 e. The second kappa shape index (κ2) is 5.23. The van der Waals surface area contributed by atoms with Gasteiger partial charge in [0.25, 0.3) is 0 Å². The molecule has 8 heteroatoms. The van der Waals surface area contributed by atoms with Crippen LogP contribution in [0.1, 0.15) is 6.92 Å². The molecule has 1 N–H and O–H groups in total. The van der Waals surface area contributed by atoms with Gasteiger partial charge in [-0.15, -0.1) is 0 Å². The molecule has 0 bridgehead atoms. The van der Waals surface area contributed by atoms with Crippen molar-refractivity contribution in [2.75, 3.05) is 24.6 Å². The van der Waals surface area contributed by atoms with E-state index in [0.717, 1.165) is 0 Å². The number of rotatable bonds is 3. The van der Waals surface area contributed by atoms with Crippen molar-refractivity contribution >= 4 is 11.6 Å². The fourth-order valence-electron chi connectivity index (χ4n) is 1.88. The van der Waals surface area contributed by atoms with Crippen LogP contribution in [0, 0.1) is 10.1 Å². The summed E-state index contributed by atoms with van der Waals surface area (Å²) in [7, 11) is 0. The number of hydrogen-bond acceptors (Lipinski definition) is 7. The van der Waals surface area contributed by atoms with E-state index in [9.17, 15) is 10.1 Å². The van der Waals surface area contributed by atoms with Gasteiger partial charge < -0.3 is 14.7 Å². The van der Waals surface area contributed by atoms with E-state index in [2.05, 4.69) is 9.97 Å². The SMILES string of the molecule is CC1CN(c2ncc([N+](=O)[O-])cn2)CC(CO)O1. The Kier molecular flexibility index (Phi) is 3.68. The van der Waals surface area contributed by atoms with E-state index in [0.29, 0.717) is 19.0 Å². The first kappa shape index (κ1) is 12.7. The lowest BCUT2D eigenvalue weighted by atomic mass is 10.2. The van der Waals surface area contributed by atoms with Gasteiger partial charge >= 0.3 is 5.69 Å². The van der Waals surface area contributed by atoms with Gasteiger partial charge in [0.2, 0.25) is 5.95 Å². The summed E-state index contributed by atoms with van der Waals surface area (Å²) >= 11 is 0. The third-order valence-corrected chi connectivity index (χ3v) is 2.65. The molecule has 0 amide bonds. The number of aliphatic hydroxyl groups is 1. The van der Waals surface area contributed by atoms with Gasteiger partial charge in [-0.2, -0.15) is 0 Å². The number of nitrogens with zero attached hydrogens (tertiary/aromatic N) is 4. The largest absolute Gasteiger partial charge is 0.394 e. The molecule has 0 radical (unpaired) electrons. The number of aromatic nitrogens is 2. The number of anilines is 1. The Morgan fingerprint density at radius 1 is 1.56 bits per heavy atom. The van der Waals surface area contributed by atoms with Crippen molar-refractivity contribution in [1.29, 1.82) is 0 Å². The number of aliphatic hydroxyl groups excluding tert-OH is 1. The fourth-order valence-corrected chi connectivity index (χ4v) is 1.88. The van der Waals surface area contributed by atoms with Crippen molar-refractivity contribution in [3.63, 3.8) is 0 Å². The average molecular weight is 254 g/mol. The highest BCUT2D eigenvalue weighted by Gasteiger charge is 2.26. The smallest absolute Gasteiger partial charge is 0.305 e. The summed E-state index contributed by atoms with van der Waals surface area (Å²) in [6.45, 7) is 2.88. The van der Waals surface area contributed by atoms with Crippen molar-refractivity contribution in [1.82, 2.24) is 9.97 Å². The Hall–Kier alpha value is -1.80. The Labute approximate surface area is 103 Å². The third kappa shape index (κ3) is 2.71. The van der Waals surface area contributed by atoms with Crippen molar-refractivity contribution in [2.24, 2.45) is 0 Å². The lowest BCUT2D eigenvalue weighted by Gasteiger charge is -2.35. The van der Waals surface area contributed by atoms with Crippen LogP contribution in [0.15, 0.2) is 12.4 Å². The summed E-state index contributed by atoms with van der Waals surface area (Å²) in [5, 5.41) is 19.6. The predicted octanol–water partition coefficient (Wildman–Crippen LogP) is -0.0292. The minimum atomic E-state index is -0.539. The summed E-state index contributed by atoms with van der Waals surface area (Å²) in [5.41, 5.74) is -0.140. The summed E-state index contributed by atoms with van der Waals surface area (Å²) in [6, 6.07) is 0. The molecule has 2 heterocycles.